The van der Waals surface area contributed by atoms with E-state index in [2.05, 4.69) is 9.88 Å². The van der Waals surface area contributed by atoms with E-state index in [1.165, 1.54) is 0 Å². The smallest absolute Gasteiger partial charge is 0.226 e. The lowest BCUT2D eigenvalue weighted by molar-refractivity contribution is 0.115. The van der Waals surface area contributed by atoms with Gasteiger partial charge in [0.1, 0.15) is 5.76 Å². The molecular formula is C17H21ClN2O2. The Kier molecular flexibility index (Phi) is 4.81. The highest BCUT2D eigenvalue weighted by molar-refractivity contribution is 6.30. The van der Waals surface area contributed by atoms with Gasteiger partial charge in [-0.25, -0.2) is 4.98 Å². The fourth-order valence-electron chi connectivity index (χ4n) is 2.98. The van der Waals surface area contributed by atoms with Crippen molar-refractivity contribution >= 4 is 11.6 Å². The van der Waals surface area contributed by atoms with Crippen molar-refractivity contribution in [3.8, 4) is 11.5 Å². The van der Waals surface area contributed by atoms with Gasteiger partial charge in [-0.05, 0) is 50.4 Å². The van der Waals surface area contributed by atoms with Crippen molar-refractivity contribution in [3.63, 3.8) is 0 Å². The fraction of sp³-hybridized carbons (Fsp3) is 0.471. The Balaban J connectivity index is 1.75. The van der Waals surface area contributed by atoms with Crippen LogP contribution >= 0.6 is 11.6 Å². The number of oxazole rings is 1. The molecule has 1 aliphatic rings. The standard InChI is InChI=1S/C17H21ClN2O2/c1-12-16(10-20-7-3-4-13(9-20)11-21)19-17(22-12)14-5-2-6-15(18)8-14/h2,5-6,8,13,21H,3-4,7,9-11H2,1H3/t13-/m0/s1. The molecule has 3 rings (SSSR count). The van der Waals surface area contributed by atoms with Crippen LogP contribution in [0.1, 0.15) is 24.3 Å². The molecule has 1 aliphatic heterocycles. The molecule has 5 heteroatoms. The Labute approximate surface area is 135 Å². The molecule has 0 unspecified atom stereocenters. The van der Waals surface area contributed by atoms with Crippen LogP contribution in [0.5, 0.6) is 0 Å². The Bertz CT molecular complexity index is 641. The number of likely N-dealkylation sites (tertiary alicyclic amines) is 1. The summed E-state index contributed by atoms with van der Waals surface area (Å²) in [6, 6.07) is 7.54. The maximum absolute atomic E-state index is 9.33. The predicted molar refractivity (Wildman–Crippen MR) is 86.8 cm³/mol. The van der Waals surface area contributed by atoms with Gasteiger partial charge in [-0.1, -0.05) is 17.7 Å². The summed E-state index contributed by atoms with van der Waals surface area (Å²) < 4.78 is 5.80. The van der Waals surface area contributed by atoms with E-state index in [0.717, 1.165) is 49.5 Å². The SMILES string of the molecule is Cc1oc(-c2cccc(Cl)c2)nc1CN1CCC[C@H](CO)C1. The second-order valence-electron chi connectivity index (χ2n) is 5.96. The number of benzene rings is 1. The minimum Gasteiger partial charge on any atom is -0.441 e. The zero-order valence-corrected chi connectivity index (χ0v) is 13.5. The minimum absolute atomic E-state index is 0.266. The molecule has 0 saturated carbocycles. The molecule has 0 radical (unpaired) electrons. The number of hydrogen-bond acceptors (Lipinski definition) is 4. The van der Waals surface area contributed by atoms with Gasteiger partial charge in [0.2, 0.25) is 5.89 Å². The number of piperidine rings is 1. The lowest BCUT2D eigenvalue weighted by Gasteiger charge is -2.31. The van der Waals surface area contributed by atoms with Gasteiger partial charge in [-0.15, -0.1) is 0 Å². The third-order valence-corrected chi connectivity index (χ3v) is 4.43. The third-order valence-electron chi connectivity index (χ3n) is 4.20. The number of aliphatic hydroxyl groups is 1. The van der Waals surface area contributed by atoms with Crippen LogP contribution in [-0.2, 0) is 6.54 Å². The van der Waals surface area contributed by atoms with E-state index < -0.39 is 0 Å². The van der Waals surface area contributed by atoms with Crippen LogP contribution in [0.3, 0.4) is 0 Å². The summed E-state index contributed by atoms with van der Waals surface area (Å²) in [5, 5.41) is 10.0. The second-order valence-corrected chi connectivity index (χ2v) is 6.39. The molecule has 1 saturated heterocycles. The number of rotatable bonds is 4. The zero-order valence-electron chi connectivity index (χ0n) is 12.8. The first-order valence-corrected chi connectivity index (χ1v) is 8.09. The monoisotopic (exact) mass is 320 g/mol. The minimum atomic E-state index is 0.266. The Morgan fingerprint density at radius 3 is 3.09 bits per heavy atom. The molecule has 1 fully saturated rings. The number of nitrogens with zero attached hydrogens (tertiary/aromatic N) is 2. The number of hydrogen-bond donors (Lipinski definition) is 1. The first-order chi connectivity index (χ1) is 10.7. The Hall–Kier alpha value is -1.36. The fourth-order valence-corrected chi connectivity index (χ4v) is 3.17. The van der Waals surface area contributed by atoms with Gasteiger partial charge in [0, 0.05) is 30.3 Å². The summed E-state index contributed by atoms with van der Waals surface area (Å²) in [6.07, 6.45) is 2.24. The van der Waals surface area contributed by atoms with Crippen LogP contribution in [0, 0.1) is 12.8 Å². The van der Waals surface area contributed by atoms with Crippen molar-refractivity contribution in [2.45, 2.75) is 26.3 Å². The molecule has 0 aliphatic carbocycles. The molecule has 0 bridgehead atoms. The van der Waals surface area contributed by atoms with E-state index >= 15 is 0 Å². The maximum atomic E-state index is 9.33. The molecule has 118 valence electrons. The van der Waals surface area contributed by atoms with Crippen molar-refractivity contribution in [1.29, 1.82) is 0 Å². The van der Waals surface area contributed by atoms with E-state index in [-0.39, 0.29) is 6.61 Å². The number of halogens is 1. The van der Waals surface area contributed by atoms with Crippen LogP contribution < -0.4 is 0 Å². The highest BCUT2D eigenvalue weighted by Gasteiger charge is 2.21. The van der Waals surface area contributed by atoms with E-state index in [1.54, 1.807) is 0 Å². The molecule has 2 aromatic rings. The van der Waals surface area contributed by atoms with E-state index in [9.17, 15) is 5.11 Å². The normalized spacial score (nSPS) is 19.5. The van der Waals surface area contributed by atoms with Gasteiger partial charge in [0.15, 0.2) is 0 Å². The van der Waals surface area contributed by atoms with Gasteiger partial charge in [-0.3, -0.25) is 4.90 Å². The molecule has 2 heterocycles. The van der Waals surface area contributed by atoms with Gasteiger partial charge < -0.3 is 9.52 Å². The predicted octanol–water partition coefficient (Wildman–Crippen LogP) is 3.51. The number of aromatic nitrogens is 1. The van der Waals surface area contributed by atoms with Crippen LogP contribution in [0.15, 0.2) is 28.7 Å². The molecule has 1 aromatic heterocycles. The number of aryl methyl sites for hydroxylation is 1. The van der Waals surface area contributed by atoms with E-state index in [4.69, 9.17) is 16.0 Å². The van der Waals surface area contributed by atoms with Crippen LogP contribution in [0.2, 0.25) is 5.02 Å². The van der Waals surface area contributed by atoms with Gasteiger partial charge in [0.05, 0.1) is 5.69 Å². The number of aliphatic hydroxyl groups excluding tert-OH is 1. The average Bonchev–Trinajstić information content (AvgIpc) is 2.89. The Morgan fingerprint density at radius 1 is 1.45 bits per heavy atom. The van der Waals surface area contributed by atoms with Gasteiger partial charge in [-0.2, -0.15) is 0 Å². The van der Waals surface area contributed by atoms with Crippen molar-refractivity contribution in [2.75, 3.05) is 19.7 Å². The largest absolute Gasteiger partial charge is 0.441 e. The van der Waals surface area contributed by atoms with Gasteiger partial charge >= 0.3 is 0 Å². The van der Waals surface area contributed by atoms with Gasteiger partial charge in [0.25, 0.3) is 0 Å². The van der Waals surface area contributed by atoms with Crippen molar-refractivity contribution in [2.24, 2.45) is 5.92 Å². The highest BCUT2D eigenvalue weighted by atomic mass is 35.5. The summed E-state index contributed by atoms with van der Waals surface area (Å²) >= 11 is 6.03. The summed E-state index contributed by atoms with van der Waals surface area (Å²) in [5.41, 5.74) is 1.86. The lowest BCUT2D eigenvalue weighted by atomic mass is 9.99. The molecule has 0 spiro atoms. The third kappa shape index (κ3) is 3.51. The summed E-state index contributed by atoms with van der Waals surface area (Å²) in [6.45, 7) is 4.96. The van der Waals surface area contributed by atoms with E-state index in [0.29, 0.717) is 16.8 Å². The van der Waals surface area contributed by atoms with Crippen LogP contribution in [0.25, 0.3) is 11.5 Å². The average molecular weight is 321 g/mol. The first-order valence-electron chi connectivity index (χ1n) is 7.71. The molecule has 1 N–H and O–H groups in total. The summed E-state index contributed by atoms with van der Waals surface area (Å²) in [4.78, 5) is 6.98. The van der Waals surface area contributed by atoms with Crippen molar-refractivity contribution < 1.29 is 9.52 Å². The topological polar surface area (TPSA) is 49.5 Å². The van der Waals surface area contributed by atoms with Crippen molar-refractivity contribution in [3.05, 3.63) is 40.7 Å². The molecule has 0 amide bonds. The quantitative estimate of drug-likeness (QED) is 0.936. The van der Waals surface area contributed by atoms with Crippen LogP contribution in [-0.4, -0.2) is 34.7 Å². The molecule has 22 heavy (non-hydrogen) atoms. The Morgan fingerprint density at radius 2 is 2.32 bits per heavy atom. The van der Waals surface area contributed by atoms with E-state index in [1.807, 2.05) is 31.2 Å². The summed E-state index contributed by atoms with van der Waals surface area (Å²) in [7, 11) is 0. The molecule has 4 nitrogen and oxygen atoms in total. The van der Waals surface area contributed by atoms with Crippen LogP contribution in [0.4, 0.5) is 0 Å². The van der Waals surface area contributed by atoms with Crippen molar-refractivity contribution in [1.82, 2.24) is 9.88 Å². The first kappa shape index (κ1) is 15.5. The zero-order chi connectivity index (χ0) is 15.5. The maximum Gasteiger partial charge on any atom is 0.226 e. The molecule has 1 atom stereocenters. The summed E-state index contributed by atoms with van der Waals surface area (Å²) in [5.74, 6) is 1.85. The highest BCUT2D eigenvalue weighted by Crippen LogP contribution is 2.26. The lowest BCUT2D eigenvalue weighted by Crippen LogP contribution is -2.36. The second kappa shape index (κ2) is 6.82. The molecular weight excluding hydrogens is 300 g/mol. The molecule has 1 aromatic carbocycles.